The van der Waals surface area contributed by atoms with E-state index in [9.17, 15) is 10.2 Å². The normalized spacial score (nSPS) is 41.9. The smallest absolute Gasteiger partial charge is 0.164 e. The Labute approximate surface area is 224 Å². The molecule has 0 aromatic carbocycles. The van der Waals surface area contributed by atoms with Crippen LogP contribution in [0.4, 0.5) is 0 Å². The number of aliphatic hydroxyl groups is 2. The maximum atomic E-state index is 11.3. The fourth-order valence-electron chi connectivity index (χ4n) is 6.83. The van der Waals surface area contributed by atoms with Crippen molar-refractivity contribution in [1.29, 1.82) is 0 Å². The summed E-state index contributed by atoms with van der Waals surface area (Å²) in [5.41, 5.74) is -2.31. The third-order valence-corrected chi connectivity index (χ3v) is 9.32. The molecule has 4 rings (SSSR count). The zero-order valence-corrected chi connectivity index (χ0v) is 24.3. The first kappa shape index (κ1) is 29.4. The number of hydrogen-bond donors (Lipinski definition) is 2. The minimum absolute atomic E-state index is 0.0430. The Bertz CT molecular complexity index is 806. The first-order chi connectivity index (χ1) is 17.1. The maximum absolute atomic E-state index is 11.3. The van der Waals surface area contributed by atoms with Crippen LogP contribution in [0, 0.1) is 0 Å². The van der Waals surface area contributed by atoms with E-state index in [2.05, 4.69) is 13.5 Å². The van der Waals surface area contributed by atoms with E-state index >= 15 is 0 Å². The highest BCUT2D eigenvalue weighted by Crippen LogP contribution is 2.46. The van der Waals surface area contributed by atoms with Gasteiger partial charge in [-0.15, -0.1) is 6.58 Å². The van der Waals surface area contributed by atoms with E-state index in [1.807, 2.05) is 47.6 Å². The largest absolute Gasteiger partial charge is 0.387 e. The summed E-state index contributed by atoms with van der Waals surface area (Å²) < 4.78 is 30.9. The molecule has 4 fully saturated rings. The number of allylic oxidation sites excluding steroid dienone is 1. The van der Waals surface area contributed by atoms with Crippen LogP contribution in [0.3, 0.4) is 0 Å². The molecule has 0 aromatic rings. The van der Waals surface area contributed by atoms with Crippen molar-refractivity contribution in [2.45, 2.75) is 177 Å². The van der Waals surface area contributed by atoms with Crippen LogP contribution < -0.4 is 0 Å². The summed E-state index contributed by atoms with van der Waals surface area (Å²) in [7, 11) is 0. The lowest BCUT2D eigenvalue weighted by Crippen LogP contribution is -2.43. The van der Waals surface area contributed by atoms with Crippen molar-refractivity contribution >= 4 is 0 Å². The van der Waals surface area contributed by atoms with Gasteiger partial charge in [-0.05, 0) is 113 Å². The van der Waals surface area contributed by atoms with Gasteiger partial charge in [-0.1, -0.05) is 6.08 Å². The summed E-state index contributed by atoms with van der Waals surface area (Å²) in [5.74, 6) is -0.608. The predicted octanol–water partition coefficient (Wildman–Crippen LogP) is 5.20. The third kappa shape index (κ3) is 6.79. The van der Waals surface area contributed by atoms with Crippen LogP contribution in [0.5, 0.6) is 0 Å². The zero-order chi connectivity index (χ0) is 27.3. The Morgan fingerprint density at radius 2 is 1.32 bits per heavy atom. The molecule has 0 bridgehead atoms. The molecule has 9 atom stereocenters. The number of hydrogen-bond acceptors (Lipinski definition) is 7. The van der Waals surface area contributed by atoms with E-state index in [4.69, 9.17) is 23.7 Å². The molecule has 0 saturated carbocycles. The molecule has 37 heavy (non-hydrogen) atoms. The van der Waals surface area contributed by atoms with Crippen molar-refractivity contribution in [2.75, 3.05) is 0 Å². The lowest BCUT2D eigenvalue weighted by Gasteiger charge is -2.33. The number of epoxide rings is 1. The van der Waals surface area contributed by atoms with Crippen molar-refractivity contribution in [3.63, 3.8) is 0 Å². The maximum Gasteiger partial charge on any atom is 0.164 e. The standard InChI is InChI=1S/C30H52O7/c1-9-10-17-30(8)25(36-30)16-19-29(7,32)24-14-12-21(34-24)20-11-13-23(33-20)28(6,31)18-15-22-26(2,3)37-27(4,5)35-22/h9,20-25,31-32H,1,10-19H2,2-8H3/t20-,21+,22-,23+,24+,25+,28-,29-,30+/m1/s1. The summed E-state index contributed by atoms with van der Waals surface area (Å²) in [5, 5.41) is 22.6. The molecule has 7 nitrogen and oxygen atoms in total. The first-order valence-electron chi connectivity index (χ1n) is 14.5. The van der Waals surface area contributed by atoms with E-state index in [-0.39, 0.29) is 42.2 Å². The van der Waals surface area contributed by atoms with E-state index in [0.29, 0.717) is 19.3 Å². The number of ether oxygens (including phenoxy) is 5. The fourth-order valence-corrected chi connectivity index (χ4v) is 6.83. The number of rotatable bonds is 12. The SMILES string of the molecule is C=CCC[C@]1(C)O[C@H]1CC[C@@](C)(O)[C@@H]1CC[C@@H]([C@H]2CC[C@@H]([C@](C)(O)CC[C@H]3OC(C)(C)OC3(C)C)O2)O1. The zero-order valence-electron chi connectivity index (χ0n) is 24.3. The Hall–Kier alpha value is -0.540. The highest BCUT2D eigenvalue weighted by molar-refractivity contribution is 5.02. The van der Waals surface area contributed by atoms with Crippen molar-refractivity contribution in [1.82, 2.24) is 0 Å². The molecule has 4 saturated heterocycles. The van der Waals surface area contributed by atoms with Crippen LogP contribution in [-0.4, -0.2) is 75.0 Å². The van der Waals surface area contributed by atoms with Gasteiger partial charge < -0.3 is 33.9 Å². The van der Waals surface area contributed by atoms with Crippen molar-refractivity contribution in [2.24, 2.45) is 0 Å². The lowest BCUT2D eigenvalue weighted by molar-refractivity contribution is -0.160. The van der Waals surface area contributed by atoms with Gasteiger partial charge in [0.05, 0.1) is 59.0 Å². The highest BCUT2D eigenvalue weighted by Gasteiger charge is 2.53. The second-order valence-corrected chi connectivity index (χ2v) is 13.7. The Balaban J connectivity index is 1.22. The van der Waals surface area contributed by atoms with Crippen LogP contribution in [0.1, 0.15) is 113 Å². The quantitative estimate of drug-likeness (QED) is 0.268. The van der Waals surface area contributed by atoms with E-state index in [1.165, 1.54) is 0 Å². The van der Waals surface area contributed by atoms with Gasteiger partial charge in [-0.2, -0.15) is 0 Å². The minimum atomic E-state index is -0.951. The van der Waals surface area contributed by atoms with Gasteiger partial charge in [0, 0.05) is 0 Å². The van der Waals surface area contributed by atoms with Crippen LogP contribution in [0.25, 0.3) is 0 Å². The Kier molecular flexibility index (Phi) is 8.32. The molecule has 0 spiro atoms. The van der Waals surface area contributed by atoms with Gasteiger partial charge in [0.15, 0.2) is 5.79 Å². The van der Waals surface area contributed by atoms with Gasteiger partial charge >= 0.3 is 0 Å². The van der Waals surface area contributed by atoms with Gasteiger partial charge in [0.25, 0.3) is 0 Å². The second-order valence-electron chi connectivity index (χ2n) is 13.7. The fraction of sp³-hybridized carbons (Fsp3) is 0.933. The highest BCUT2D eigenvalue weighted by atomic mass is 16.8. The van der Waals surface area contributed by atoms with Crippen molar-refractivity contribution < 1.29 is 33.9 Å². The lowest BCUT2D eigenvalue weighted by atomic mass is 9.87. The molecule has 0 aromatic heterocycles. The molecule has 0 aliphatic carbocycles. The average molecular weight is 525 g/mol. The molecule has 214 valence electrons. The molecule has 7 heteroatoms. The second kappa shape index (κ2) is 10.5. The third-order valence-electron chi connectivity index (χ3n) is 9.32. The average Bonchev–Trinajstić information content (AvgIpc) is 3.22. The van der Waals surface area contributed by atoms with Crippen LogP contribution >= 0.6 is 0 Å². The van der Waals surface area contributed by atoms with Crippen molar-refractivity contribution in [3.05, 3.63) is 12.7 Å². The van der Waals surface area contributed by atoms with Gasteiger partial charge in [0.2, 0.25) is 0 Å². The molecule has 0 radical (unpaired) electrons. The Morgan fingerprint density at radius 1 is 0.811 bits per heavy atom. The molecule has 0 unspecified atom stereocenters. The van der Waals surface area contributed by atoms with E-state index in [1.54, 1.807) is 0 Å². The van der Waals surface area contributed by atoms with Gasteiger partial charge in [0.1, 0.15) is 0 Å². The van der Waals surface area contributed by atoms with Crippen LogP contribution in [0.2, 0.25) is 0 Å². The molecular formula is C30H52O7. The summed E-state index contributed by atoms with van der Waals surface area (Å²) in [6.07, 6.45) is 9.58. The molecule has 4 aliphatic heterocycles. The summed E-state index contributed by atoms with van der Waals surface area (Å²) in [6, 6.07) is 0. The molecular weight excluding hydrogens is 472 g/mol. The van der Waals surface area contributed by atoms with Gasteiger partial charge in [-0.25, -0.2) is 0 Å². The Morgan fingerprint density at radius 3 is 1.78 bits per heavy atom. The summed E-state index contributed by atoms with van der Waals surface area (Å²) in [4.78, 5) is 0. The van der Waals surface area contributed by atoms with E-state index < -0.39 is 22.6 Å². The minimum Gasteiger partial charge on any atom is -0.387 e. The van der Waals surface area contributed by atoms with Crippen molar-refractivity contribution in [3.8, 4) is 0 Å². The topological polar surface area (TPSA) is 89.9 Å². The first-order valence-corrected chi connectivity index (χ1v) is 14.5. The molecule has 0 amide bonds. The van der Waals surface area contributed by atoms with Crippen LogP contribution in [0.15, 0.2) is 12.7 Å². The predicted molar refractivity (Wildman–Crippen MR) is 142 cm³/mol. The van der Waals surface area contributed by atoms with E-state index in [0.717, 1.165) is 44.9 Å². The summed E-state index contributed by atoms with van der Waals surface area (Å²) in [6.45, 7) is 17.7. The monoisotopic (exact) mass is 524 g/mol. The van der Waals surface area contributed by atoms with Crippen LogP contribution in [-0.2, 0) is 23.7 Å². The summed E-state index contributed by atoms with van der Waals surface area (Å²) >= 11 is 0. The van der Waals surface area contributed by atoms with Gasteiger partial charge in [-0.3, -0.25) is 0 Å². The molecule has 4 aliphatic rings. The molecule has 4 heterocycles. The molecule has 2 N–H and O–H groups in total.